The van der Waals surface area contributed by atoms with Gasteiger partial charge in [0, 0.05) is 6.04 Å². The highest BCUT2D eigenvalue weighted by Crippen LogP contribution is 2.32. The van der Waals surface area contributed by atoms with Crippen LogP contribution >= 0.6 is 0 Å². The first kappa shape index (κ1) is 13.6. The topological polar surface area (TPSA) is 91.0 Å². The van der Waals surface area contributed by atoms with E-state index in [0.29, 0.717) is 30.3 Å². The Morgan fingerprint density at radius 2 is 2.26 bits per heavy atom. The molecule has 2 rings (SSSR count). The number of hydrogen-bond acceptors (Lipinski definition) is 5. The molecule has 0 aliphatic carbocycles. The summed E-state index contributed by atoms with van der Waals surface area (Å²) in [5.74, 6) is 0.227. The SMILES string of the molecule is COc1ccc(C(N)CC(=O)O)cc1OC1COC1. The predicted molar refractivity (Wildman–Crippen MR) is 67.4 cm³/mol. The zero-order valence-electron chi connectivity index (χ0n) is 10.7. The second-order valence-electron chi connectivity index (χ2n) is 4.39. The first-order chi connectivity index (χ1) is 9.10. The normalized spacial score (nSPS) is 16.5. The van der Waals surface area contributed by atoms with Crippen LogP contribution < -0.4 is 15.2 Å². The van der Waals surface area contributed by atoms with Crippen LogP contribution in [0.2, 0.25) is 0 Å². The molecular formula is C13H17NO5. The Labute approximate surface area is 111 Å². The van der Waals surface area contributed by atoms with Gasteiger partial charge in [0.25, 0.3) is 0 Å². The molecule has 0 bridgehead atoms. The van der Waals surface area contributed by atoms with Gasteiger partial charge in [0.2, 0.25) is 0 Å². The Morgan fingerprint density at radius 3 is 2.79 bits per heavy atom. The number of rotatable bonds is 6. The molecule has 1 unspecified atom stereocenters. The number of hydrogen-bond donors (Lipinski definition) is 2. The van der Waals surface area contributed by atoms with Crippen molar-refractivity contribution in [2.24, 2.45) is 5.73 Å². The van der Waals surface area contributed by atoms with Gasteiger partial charge in [-0.1, -0.05) is 6.07 Å². The molecule has 0 saturated carbocycles. The van der Waals surface area contributed by atoms with Crippen LogP contribution in [-0.4, -0.2) is 37.5 Å². The van der Waals surface area contributed by atoms with E-state index >= 15 is 0 Å². The average molecular weight is 267 g/mol. The van der Waals surface area contributed by atoms with Crippen LogP contribution in [0.15, 0.2) is 18.2 Å². The molecule has 1 fully saturated rings. The number of benzene rings is 1. The summed E-state index contributed by atoms with van der Waals surface area (Å²) in [6.45, 7) is 1.10. The third kappa shape index (κ3) is 3.36. The number of nitrogens with two attached hydrogens (primary N) is 1. The smallest absolute Gasteiger partial charge is 0.305 e. The largest absolute Gasteiger partial charge is 0.493 e. The molecule has 1 atom stereocenters. The molecule has 19 heavy (non-hydrogen) atoms. The summed E-state index contributed by atoms with van der Waals surface area (Å²) in [6, 6.07) is 4.64. The van der Waals surface area contributed by atoms with E-state index in [1.807, 2.05) is 0 Å². The standard InChI is InChI=1S/C13H17NO5/c1-17-11-3-2-8(10(14)5-13(15)16)4-12(11)19-9-6-18-7-9/h2-4,9-10H,5-7,14H2,1H3,(H,15,16). The second kappa shape index (κ2) is 5.90. The van der Waals surface area contributed by atoms with Crippen molar-refractivity contribution in [3.8, 4) is 11.5 Å². The molecule has 1 aromatic carbocycles. The van der Waals surface area contributed by atoms with Crippen LogP contribution in [0.1, 0.15) is 18.0 Å². The molecule has 0 spiro atoms. The van der Waals surface area contributed by atoms with Crippen LogP contribution in [0.5, 0.6) is 11.5 Å². The molecule has 1 heterocycles. The van der Waals surface area contributed by atoms with Crippen molar-refractivity contribution in [3.05, 3.63) is 23.8 Å². The highest BCUT2D eigenvalue weighted by Gasteiger charge is 2.22. The van der Waals surface area contributed by atoms with Crippen molar-refractivity contribution < 1.29 is 24.1 Å². The summed E-state index contributed by atoms with van der Waals surface area (Å²) in [7, 11) is 1.55. The van der Waals surface area contributed by atoms with Crippen LogP contribution in [-0.2, 0) is 9.53 Å². The number of carboxylic acids is 1. The number of carbonyl (C=O) groups is 1. The Morgan fingerprint density at radius 1 is 1.53 bits per heavy atom. The number of aliphatic carboxylic acids is 1. The molecule has 6 heteroatoms. The Hall–Kier alpha value is -1.79. The van der Waals surface area contributed by atoms with Crippen LogP contribution in [0.25, 0.3) is 0 Å². The van der Waals surface area contributed by atoms with Crippen LogP contribution in [0.4, 0.5) is 0 Å². The summed E-state index contributed by atoms with van der Waals surface area (Å²) >= 11 is 0. The van der Waals surface area contributed by atoms with Gasteiger partial charge in [-0.05, 0) is 17.7 Å². The third-order valence-electron chi connectivity index (χ3n) is 2.91. The molecule has 3 N–H and O–H groups in total. The average Bonchev–Trinajstić information content (AvgIpc) is 2.32. The minimum Gasteiger partial charge on any atom is -0.493 e. The monoisotopic (exact) mass is 267 g/mol. The lowest BCUT2D eigenvalue weighted by molar-refractivity contribution is -0.137. The van der Waals surface area contributed by atoms with Gasteiger partial charge in [-0.2, -0.15) is 0 Å². The summed E-state index contributed by atoms with van der Waals surface area (Å²) in [4.78, 5) is 10.7. The van der Waals surface area contributed by atoms with Gasteiger partial charge in [0.05, 0.1) is 26.7 Å². The van der Waals surface area contributed by atoms with Gasteiger partial charge in [-0.25, -0.2) is 0 Å². The van der Waals surface area contributed by atoms with E-state index < -0.39 is 12.0 Å². The van der Waals surface area contributed by atoms with Crippen molar-refractivity contribution in [3.63, 3.8) is 0 Å². The van der Waals surface area contributed by atoms with Gasteiger partial charge in [0.1, 0.15) is 6.10 Å². The maximum absolute atomic E-state index is 10.7. The maximum Gasteiger partial charge on any atom is 0.305 e. The van der Waals surface area contributed by atoms with Crippen molar-refractivity contribution >= 4 is 5.97 Å². The van der Waals surface area contributed by atoms with Gasteiger partial charge >= 0.3 is 5.97 Å². The fourth-order valence-electron chi connectivity index (χ4n) is 1.78. The lowest BCUT2D eigenvalue weighted by Crippen LogP contribution is -2.38. The Balaban J connectivity index is 2.16. The van der Waals surface area contributed by atoms with Gasteiger partial charge < -0.3 is 25.1 Å². The Bertz CT molecular complexity index is 458. The highest BCUT2D eigenvalue weighted by atomic mass is 16.6. The fourth-order valence-corrected chi connectivity index (χ4v) is 1.78. The van der Waals surface area contributed by atoms with Crippen LogP contribution in [0, 0.1) is 0 Å². The summed E-state index contributed by atoms with van der Waals surface area (Å²) in [6.07, 6.45) is -0.113. The summed E-state index contributed by atoms with van der Waals surface area (Å²) in [5.41, 5.74) is 6.54. The van der Waals surface area contributed by atoms with E-state index in [9.17, 15) is 4.79 Å². The van der Waals surface area contributed by atoms with E-state index in [0.717, 1.165) is 0 Å². The van der Waals surface area contributed by atoms with Crippen molar-refractivity contribution in [1.82, 2.24) is 0 Å². The van der Waals surface area contributed by atoms with E-state index in [4.69, 9.17) is 25.1 Å². The summed E-state index contributed by atoms with van der Waals surface area (Å²) < 4.78 is 16.0. The first-order valence-electron chi connectivity index (χ1n) is 6.00. The molecule has 6 nitrogen and oxygen atoms in total. The molecule has 1 saturated heterocycles. The lowest BCUT2D eigenvalue weighted by atomic mass is 10.0. The number of methoxy groups -OCH3 is 1. The van der Waals surface area contributed by atoms with Gasteiger partial charge in [0.15, 0.2) is 11.5 Å². The van der Waals surface area contributed by atoms with E-state index in [2.05, 4.69) is 0 Å². The number of carboxylic acid groups (broad SMARTS) is 1. The van der Waals surface area contributed by atoms with Crippen molar-refractivity contribution in [2.45, 2.75) is 18.6 Å². The fraction of sp³-hybridized carbons (Fsp3) is 0.462. The zero-order valence-corrected chi connectivity index (χ0v) is 10.7. The quantitative estimate of drug-likeness (QED) is 0.797. The number of ether oxygens (including phenoxy) is 3. The minimum absolute atomic E-state index is 0.0137. The molecule has 104 valence electrons. The van der Waals surface area contributed by atoms with E-state index in [1.54, 1.807) is 25.3 Å². The molecule has 1 aliphatic heterocycles. The second-order valence-corrected chi connectivity index (χ2v) is 4.39. The molecule has 1 aliphatic rings. The Kier molecular flexibility index (Phi) is 4.24. The third-order valence-corrected chi connectivity index (χ3v) is 2.91. The lowest BCUT2D eigenvalue weighted by Gasteiger charge is -2.27. The van der Waals surface area contributed by atoms with Crippen molar-refractivity contribution in [2.75, 3.05) is 20.3 Å². The van der Waals surface area contributed by atoms with E-state index in [-0.39, 0.29) is 12.5 Å². The summed E-state index contributed by atoms with van der Waals surface area (Å²) in [5, 5.41) is 8.76. The minimum atomic E-state index is -0.932. The van der Waals surface area contributed by atoms with E-state index in [1.165, 1.54) is 0 Å². The first-order valence-corrected chi connectivity index (χ1v) is 6.00. The molecule has 0 aromatic heterocycles. The molecule has 0 amide bonds. The van der Waals surface area contributed by atoms with Gasteiger partial charge in [-0.3, -0.25) is 4.79 Å². The molecule has 0 radical (unpaired) electrons. The predicted octanol–water partition coefficient (Wildman–Crippen LogP) is 0.947. The van der Waals surface area contributed by atoms with Crippen molar-refractivity contribution in [1.29, 1.82) is 0 Å². The zero-order chi connectivity index (χ0) is 13.8. The maximum atomic E-state index is 10.7. The van der Waals surface area contributed by atoms with Gasteiger partial charge in [-0.15, -0.1) is 0 Å². The highest BCUT2D eigenvalue weighted by molar-refractivity contribution is 5.68. The molecule has 1 aromatic rings. The van der Waals surface area contributed by atoms with Crippen LogP contribution in [0.3, 0.4) is 0 Å². The molecular weight excluding hydrogens is 250 g/mol.